The summed E-state index contributed by atoms with van der Waals surface area (Å²) in [4.78, 5) is 11.9. The quantitative estimate of drug-likeness (QED) is 0.621. The molecule has 1 aliphatic rings. The zero-order chi connectivity index (χ0) is 21.2. The summed E-state index contributed by atoms with van der Waals surface area (Å²) in [6, 6.07) is 4.17. The van der Waals surface area contributed by atoms with Crippen LogP contribution in [-0.2, 0) is 9.53 Å². The lowest BCUT2D eigenvalue weighted by Crippen LogP contribution is -2.42. The zero-order valence-corrected chi connectivity index (χ0v) is 18.5. The average molecular weight is 388 g/mol. The lowest BCUT2D eigenvalue weighted by Gasteiger charge is -2.30. The zero-order valence-electron chi connectivity index (χ0n) is 18.5. The first kappa shape index (κ1) is 22.6. The minimum Gasteiger partial charge on any atom is -0.387 e. The Bertz CT molecular complexity index is 679. The van der Waals surface area contributed by atoms with Crippen molar-refractivity contribution in [3.63, 3.8) is 0 Å². The summed E-state index contributed by atoms with van der Waals surface area (Å²) >= 11 is 0. The summed E-state index contributed by atoms with van der Waals surface area (Å²) in [6.07, 6.45) is 0.348. The molecule has 4 atom stereocenters. The van der Waals surface area contributed by atoms with Crippen LogP contribution in [0.15, 0.2) is 24.8 Å². The molecule has 0 saturated carbocycles. The number of benzene rings is 1. The van der Waals surface area contributed by atoms with Gasteiger partial charge in [-0.25, -0.2) is 0 Å². The van der Waals surface area contributed by atoms with Gasteiger partial charge >= 0.3 is 0 Å². The SMILES string of the molecule is C=C[C@H](O)[C@@H]1NC(=O)C[C@@H]1O[C@H](C)c1c(C(C)C)cc(C(C)C)cc1C(C)C. The van der Waals surface area contributed by atoms with E-state index in [0.717, 1.165) is 0 Å². The van der Waals surface area contributed by atoms with Crippen molar-refractivity contribution in [3.8, 4) is 0 Å². The smallest absolute Gasteiger partial charge is 0.223 e. The highest BCUT2D eigenvalue weighted by molar-refractivity contribution is 5.79. The van der Waals surface area contributed by atoms with Crippen molar-refractivity contribution < 1.29 is 14.6 Å². The predicted octanol–water partition coefficient (Wildman–Crippen LogP) is 4.94. The van der Waals surface area contributed by atoms with Crippen LogP contribution >= 0.6 is 0 Å². The Morgan fingerprint density at radius 3 is 2.04 bits per heavy atom. The third-order valence-corrected chi connectivity index (χ3v) is 5.69. The second-order valence-corrected chi connectivity index (χ2v) is 8.92. The van der Waals surface area contributed by atoms with Crippen LogP contribution in [0.25, 0.3) is 0 Å². The van der Waals surface area contributed by atoms with Gasteiger partial charge in [0.2, 0.25) is 5.91 Å². The summed E-state index contributed by atoms with van der Waals surface area (Å²) in [5.74, 6) is 1.11. The summed E-state index contributed by atoms with van der Waals surface area (Å²) in [5, 5.41) is 13.0. The maximum Gasteiger partial charge on any atom is 0.223 e. The van der Waals surface area contributed by atoms with Gasteiger partial charge in [-0.3, -0.25) is 4.79 Å². The van der Waals surface area contributed by atoms with Crippen LogP contribution in [0, 0.1) is 0 Å². The highest BCUT2D eigenvalue weighted by Crippen LogP contribution is 2.38. The van der Waals surface area contributed by atoms with Crippen LogP contribution < -0.4 is 5.32 Å². The molecule has 1 amide bonds. The Morgan fingerprint density at radius 1 is 1.07 bits per heavy atom. The van der Waals surface area contributed by atoms with Crippen molar-refractivity contribution in [1.29, 1.82) is 0 Å². The maximum absolute atomic E-state index is 11.9. The lowest BCUT2D eigenvalue weighted by molar-refractivity contribution is -0.120. The molecule has 1 heterocycles. The molecule has 2 rings (SSSR count). The number of aliphatic hydroxyl groups excluding tert-OH is 1. The molecule has 0 aromatic heterocycles. The molecule has 156 valence electrons. The van der Waals surface area contributed by atoms with Crippen LogP contribution in [0.4, 0.5) is 0 Å². The van der Waals surface area contributed by atoms with Crippen molar-refractivity contribution in [1.82, 2.24) is 5.32 Å². The van der Waals surface area contributed by atoms with Crippen molar-refractivity contribution in [3.05, 3.63) is 47.0 Å². The van der Waals surface area contributed by atoms with E-state index in [-0.39, 0.29) is 24.5 Å². The number of rotatable bonds is 8. The molecular weight excluding hydrogens is 350 g/mol. The molecule has 0 unspecified atom stereocenters. The summed E-state index contributed by atoms with van der Waals surface area (Å²) in [5.41, 5.74) is 5.18. The Morgan fingerprint density at radius 2 is 1.61 bits per heavy atom. The van der Waals surface area contributed by atoms with E-state index in [1.165, 1.54) is 28.3 Å². The Hall–Kier alpha value is -1.65. The molecule has 28 heavy (non-hydrogen) atoms. The van der Waals surface area contributed by atoms with Gasteiger partial charge in [0.1, 0.15) is 0 Å². The molecule has 4 nitrogen and oxygen atoms in total. The topological polar surface area (TPSA) is 58.6 Å². The van der Waals surface area contributed by atoms with Gasteiger partial charge in [-0.2, -0.15) is 0 Å². The second-order valence-electron chi connectivity index (χ2n) is 8.92. The van der Waals surface area contributed by atoms with E-state index >= 15 is 0 Å². The number of carbonyl (C=O) groups is 1. The van der Waals surface area contributed by atoms with Gasteiger partial charge < -0.3 is 15.2 Å². The largest absolute Gasteiger partial charge is 0.387 e. The molecule has 0 aliphatic carbocycles. The Balaban J connectivity index is 2.44. The molecule has 0 spiro atoms. The minimum atomic E-state index is -0.818. The van der Waals surface area contributed by atoms with Crippen molar-refractivity contribution in [2.75, 3.05) is 0 Å². The van der Waals surface area contributed by atoms with Crippen LogP contribution in [0.1, 0.15) is 101 Å². The van der Waals surface area contributed by atoms with Gasteiger partial charge in [-0.1, -0.05) is 59.8 Å². The van der Waals surface area contributed by atoms with E-state index in [4.69, 9.17) is 4.74 Å². The third kappa shape index (κ3) is 4.84. The molecule has 1 aromatic carbocycles. The highest BCUT2D eigenvalue weighted by Gasteiger charge is 2.38. The number of carbonyl (C=O) groups excluding carboxylic acids is 1. The minimum absolute atomic E-state index is 0.0913. The summed E-state index contributed by atoms with van der Waals surface area (Å²) in [6.45, 7) is 19.0. The van der Waals surface area contributed by atoms with Crippen LogP contribution in [0.5, 0.6) is 0 Å². The van der Waals surface area contributed by atoms with Crippen molar-refractivity contribution >= 4 is 5.91 Å². The van der Waals surface area contributed by atoms with Gasteiger partial charge in [0.15, 0.2) is 0 Å². The third-order valence-electron chi connectivity index (χ3n) is 5.69. The van der Waals surface area contributed by atoms with Crippen LogP contribution in [0.2, 0.25) is 0 Å². The van der Waals surface area contributed by atoms with Crippen LogP contribution in [-0.4, -0.2) is 29.3 Å². The van der Waals surface area contributed by atoms with Gasteiger partial charge in [0.25, 0.3) is 0 Å². The normalized spacial score (nSPS) is 22.0. The fourth-order valence-electron chi connectivity index (χ4n) is 4.04. The molecule has 0 bridgehead atoms. The predicted molar refractivity (Wildman–Crippen MR) is 115 cm³/mol. The number of hydrogen-bond acceptors (Lipinski definition) is 3. The molecule has 1 aromatic rings. The van der Waals surface area contributed by atoms with Crippen molar-refractivity contribution in [2.24, 2.45) is 0 Å². The number of ether oxygens (including phenoxy) is 1. The van der Waals surface area contributed by atoms with E-state index in [1.807, 2.05) is 0 Å². The molecule has 4 heteroatoms. The number of hydrogen-bond donors (Lipinski definition) is 2. The van der Waals surface area contributed by atoms with Gasteiger partial charge in [0.05, 0.1) is 30.8 Å². The Labute approximate surface area is 170 Å². The number of aliphatic hydroxyl groups is 1. The summed E-state index contributed by atoms with van der Waals surface area (Å²) in [7, 11) is 0. The van der Waals surface area contributed by atoms with E-state index in [1.54, 1.807) is 0 Å². The number of amides is 1. The first-order valence-electron chi connectivity index (χ1n) is 10.5. The molecule has 1 fully saturated rings. The Kier molecular flexibility index (Phi) is 7.46. The van der Waals surface area contributed by atoms with Crippen molar-refractivity contribution in [2.45, 2.75) is 97.0 Å². The van der Waals surface area contributed by atoms with E-state index in [9.17, 15) is 9.90 Å². The lowest BCUT2D eigenvalue weighted by atomic mass is 9.82. The maximum atomic E-state index is 11.9. The van der Waals surface area contributed by atoms with Gasteiger partial charge in [0, 0.05) is 0 Å². The number of nitrogens with one attached hydrogen (secondary N) is 1. The highest BCUT2D eigenvalue weighted by atomic mass is 16.5. The molecule has 1 aliphatic heterocycles. The fourth-order valence-corrected chi connectivity index (χ4v) is 4.04. The first-order valence-corrected chi connectivity index (χ1v) is 10.5. The van der Waals surface area contributed by atoms with Gasteiger partial charge in [-0.05, 0) is 46.9 Å². The second kappa shape index (κ2) is 9.23. The van der Waals surface area contributed by atoms with Crippen LogP contribution in [0.3, 0.4) is 0 Å². The van der Waals surface area contributed by atoms with E-state index < -0.39 is 12.1 Å². The molecule has 2 N–H and O–H groups in total. The molecule has 0 radical (unpaired) electrons. The first-order chi connectivity index (χ1) is 13.1. The van der Waals surface area contributed by atoms with E-state index in [2.05, 4.69) is 72.5 Å². The standard InChI is InChI=1S/C24H37NO3/c1-9-20(26)24-21(12-22(27)25-24)28-16(8)23-18(14(4)5)10-17(13(2)3)11-19(23)15(6)7/h9-11,13-16,20-21,24,26H,1,12H2,2-8H3,(H,25,27)/t16-,20+,21+,24+/m1/s1. The van der Waals surface area contributed by atoms with Gasteiger partial charge in [-0.15, -0.1) is 6.58 Å². The molecular formula is C24H37NO3. The fraction of sp³-hybridized carbons (Fsp3) is 0.625. The summed E-state index contributed by atoms with van der Waals surface area (Å²) < 4.78 is 6.39. The average Bonchev–Trinajstić information content (AvgIpc) is 2.99. The molecule has 1 saturated heterocycles. The monoisotopic (exact) mass is 387 g/mol. The van der Waals surface area contributed by atoms with E-state index in [0.29, 0.717) is 17.8 Å².